The summed E-state index contributed by atoms with van der Waals surface area (Å²) in [6.07, 6.45) is 17.7. The number of aryl methyl sites for hydroxylation is 1. The molecule has 0 aliphatic rings. The summed E-state index contributed by atoms with van der Waals surface area (Å²) in [5.74, 6) is 0.892. The number of hydrogen-bond acceptors (Lipinski definition) is 5. The van der Waals surface area contributed by atoms with E-state index in [2.05, 4.69) is 53.0 Å². The van der Waals surface area contributed by atoms with Gasteiger partial charge in [-0.3, -0.25) is 4.99 Å². The van der Waals surface area contributed by atoms with Crippen molar-refractivity contribution in [2.24, 2.45) is 4.99 Å². The molecule has 3 rings (SSSR count). The highest BCUT2D eigenvalue weighted by atomic mass is 32.1. The number of benzene rings is 2. The van der Waals surface area contributed by atoms with Crippen molar-refractivity contribution >= 4 is 23.2 Å². The number of aliphatic imine (C=N–C) groups is 1. The van der Waals surface area contributed by atoms with Gasteiger partial charge in [-0.05, 0) is 77.9 Å². The first kappa shape index (κ1) is 30.9. The van der Waals surface area contributed by atoms with E-state index in [0.29, 0.717) is 17.9 Å². The van der Waals surface area contributed by atoms with Gasteiger partial charge in [0.1, 0.15) is 11.5 Å². The van der Waals surface area contributed by atoms with E-state index in [1.165, 1.54) is 68.9 Å². The topological polar surface area (TPSA) is 51.0 Å². The second-order valence-corrected chi connectivity index (χ2v) is 11.1. The molecule has 212 valence electrons. The van der Waals surface area contributed by atoms with Crippen LogP contribution >= 0.6 is 11.3 Å². The fourth-order valence-corrected chi connectivity index (χ4v) is 5.15. The number of nitrogens with zero attached hydrogens (tertiary/aromatic N) is 1. The third kappa shape index (κ3) is 13.3. The minimum absolute atomic E-state index is 0.192. The van der Waals surface area contributed by atoms with E-state index in [-0.39, 0.29) is 5.75 Å². The summed E-state index contributed by atoms with van der Waals surface area (Å²) in [7, 11) is 0. The zero-order valence-corrected chi connectivity index (χ0v) is 24.6. The van der Waals surface area contributed by atoms with Crippen LogP contribution in [0.2, 0.25) is 0 Å². The van der Waals surface area contributed by atoms with E-state index in [0.717, 1.165) is 44.6 Å². The van der Waals surface area contributed by atoms with Crippen LogP contribution in [-0.4, -0.2) is 24.5 Å². The van der Waals surface area contributed by atoms with Crippen LogP contribution in [0, 0.1) is 0 Å². The molecule has 1 heterocycles. The molecule has 0 amide bonds. The van der Waals surface area contributed by atoms with Gasteiger partial charge in [0.25, 0.3) is 0 Å². The zero-order chi connectivity index (χ0) is 27.4. The minimum atomic E-state index is 0.192. The maximum atomic E-state index is 10.4. The summed E-state index contributed by atoms with van der Waals surface area (Å²) in [6, 6.07) is 16.0. The van der Waals surface area contributed by atoms with Crippen molar-refractivity contribution < 1.29 is 14.6 Å². The molecule has 0 aliphatic carbocycles. The number of aromatic hydroxyl groups is 1. The van der Waals surface area contributed by atoms with Gasteiger partial charge in [0.2, 0.25) is 0 Å². The van der Waals surface area contributed by atoms with Crippen LogP contribution in [0.25, 0.3) is 0 Å². The Hall–Kier alpha value is -2.63. The molecule has 1 N–H and O–H groups in total. The average molecular weight is 550 g/mol. The largest absolute Gasteiger partial charge is 0.507 e. The standard InChI is InChI=1S/C34H47NO3S/c1-2-3-4-5-8-11-14-29-15-18-32(19-16-29)35-26-31-17-20-33(25-34(31)36)38-23-13-10-7-6-9-12-22-37-27-30-21-24-39-28-30/h15-21,24-26,28,36H,2-14,22-23,27H2,1H3. The maximum absolute atomic E-state index is 10.4. The molecule has 0 atom stereocenters. The van der Waals surface area contributed by atoms with Crippen LogP contribution < -0.4 is 4.74 Å². The second-order valence-electron chi connectivity index (χ2n) is 10.3. The molecule has 3 aromatic rings. The van der Waals surface area contributed by atoms with Crippen LogP contribution in [0.15, 0.2) is 64.3 Å². The smallest absolute Gasteiger partial charge is 0.128 e. The van der Waals surface area contributed by atoms with Gasteiger partial charge < -0.3 is 14.6 Å². The predicted molar refractivity (Wildman–Crippen MR) is 166 cm³/mol. The van der Waals surface area contributed by atoms with Crippen LogP contribution in [0.5, 0.6) is 11.5 Å². The Labute approximate surface area is 240 Å². The van der Waals surface area contributed by atoms with E-state index in [1.54, 1.807) is 23.6 Å². The molecule has 0 fully saturated rings. The average Bonchev–Trinajstić information content (AvgIpc) is 3.47. The van der Waals surface area contributed by atoms with Gasteiger partial charge in [-0.2, -0.15) is 11.3 Å². The van der Waals surface area contributed by atoms with Gasteiger partial charge in [-0.15, -0.1) is 0 Å². The summed E-state index contributed by atoms with van der Waals surface area (Å²) >= 11 is 1.72. The van der Waals surface area contributed by atoms with E-state index >= 15 is 0 Å². The van der Waals surface area contributed by atoms with E-state index < -0.39 is 0 Å². The normalized spacial score (nSPS) is 11.4. The van der Waals surface area contributed by atoms with Gasteiger partial charge >= 0.3 is 0 Å². The zero-order valence-electron chi connectivity index (χ0n) is 23.8. The Morgan fingerprint density at radius 3 is 2.21 bits per heavy atom. The number of rotatable bonds is 21. The third-order valence-corrected chi connectivity index (χ3v) is 7.64. The first-order valence-corrected chi connectivity index (χ1v) is 15.9. The van der Waals surface area contributed by atoms with Gasteiger partial charge in [0.15, 0.2) is 0 Å². The molecule has 4 nitrogen and oxygen atoms in total. The molecule has 0 radical (unpaired) electrons. The van der Waals surface area contributed by atoms with Crippen molar-refractivity contribution in [2.45, 2.75) is 97.0 Å². The molecular formula is C34H47NO3S. The molecule has 0 saturated heterocycles. The van der Waals surface area contributed by atoms with Crippen molar-refractivity contribution in [1.82, 2.24) is 0 Å². The molecule has 0 aliphatic heterocycles. The van der Waals surface area contributed by atoms with Crippen molar-refractivity contribution in [1.29, 1.82) is 0 Å². The predicted octanol–water partition coefficient (Wildman–Crippen LogP) is 10.0. The molecule has 1 aromatic heterocycles. The number of phenols is 1. The Bertz CT molecular complexity index is 1050. The number of unbranched alkanes of at least 4 members (excludes halogenated alkanes) is 10. The molecule has 0 spiro atoms. The van der Waals surface area contributed by atoms with Crippen LogP contribution in [0.3, 0.4) is 0 Å². The SMILES string of the molecule is CCCCCCCCc1ccc(N=Cc2ccc(OCCCCCCCCOCc3ccsc3)cc2O)cc1. The van der Waals surface area contributed by atoms with E-state index in [4.69, 9.17) is 9.47 Å². The van der Waals surface area contributed by atoms with Crippen LogP contribution in [-0.2, 0) is 17.8 Å². The summed E-state index contributed by atoms with van der Waals surface area (Å²) in [4.78, 5) is 4.54. The first-order valence-electron chi connectivity index (χ1n) is 14.9. The maximum Gasteiger partial charge on any atom is 0.128 e. The van der Waals surface area contributed by atoms with Crippen molar-refractivity contribution in [3.8, 4) is 11.5 Å². The third-order valence-electron chi connectivity index (χ3n) is 6.91. The number of thiophene rings is 1. The lowest BCUT2D eigenvalue weighted by molar-refractivity contribution is 0.117. The Morgan fingerprint density at radius 1 is 0.769 bits per heavy atom. The van der Waals surface area contributed by atoms with E-state index in [1.807, 2.05) is 12.1 Å². The molecule has 0 bridgehead atoms. The highest BCUT2D eigenvalue weighted by molar-refractivity contribution is 7.07. The monoisotopic (exact) mass is 549 g/mol. The summed E-state index contributed by atoms with van der Waals surface area (Å²) in [6.45, 7) is 4.50. The highest BCUT2D eigenvalue weighted by Crippen LogP contribution is 2.24. The summed E-state index contributed by atoms with van der Waals surface area (Å²) < 4.78 is 11.6. The lowest BCUT2D eigenvalue weighted by Crippen LogP contribution is -1.98. The van der Waals surface area contributed by atoms with Crippen molar-refractivity contribution in [3.63, 3.8) is 0 Å². The molecular weight excluding hydrogens is 502 g/mol. The van der Waals surface area contributed by atoms with Crippen LogP contribution in [0.4, 0.5) is 5.69 Å². The molecule has 0 unspecified atom stereocenters. The Kier molecular flexibility index (Phi) is 15.4. The quantitative estimate of drug-likeness (QED) is 0.106. The van der Waals surface area contributed by atoms with Gasteiger partial charge in [0, 0.05) is 24.5 Å². The van der Waals surface area contributed by atoms with Crippen molar-refractivity contribution in [3.05, 3.63) is 76.0 Å². The second kappa shape index (κ2) is 19.4. The lowest BCUT2D eigenvalue weighted by atomic mass is 10.0. The summed E-state index contributed by atoms with van der Waals surface area (Å²) in [5.41, 5.74) is 4.23. The lowest BCUT2D eigenvalue weighted by Gasteiger charge is -2.08. The fourth-order valence-electron chi connectivity index (χ4n) is 4.49. The van der Waals surface area contributed by atoms with Gasteiger partial charge in [0.05, 0.1) is 18.9 Å². The van der Waals surface area contributed by atoms with E-state index in [9.17, 15) is 5.11 Å². The van der Waals surface area contributed by atoms with Crippen molar-refractivity contribution in [2.75, 3.05) is 13.2 Å². The molecule has 5 heteroatoms. The van der Waals surface area contributed by atoms with Crippen LogP contribution in [0.1, 0.15) is 101 Å². The fraction of sp³-hybridized carbons (Fsp3) is 0.500. The first-order chi connectivity index (χ1) is 19.2. The van der Waals surface area contributed by atoms with Gasteiger partial charge in [-0.1, -0.05) is 76.8 Å². The number of phenolic OH excluding ortho intramolecular Hbond substituents is 1. The highest BCUT2D eigenvalue weighted by Gasteiger charge is 2.03. The number of hydrogen-bond donors (Lipinski definition) is 1. The van der Waals surface area contributed by atoms with Gasteiger partial charge in [-0.25, -0.2) is 0 Å². The minimum Gasteiger partial charge on any atom is -0.507 e. The molecule has 2 aromatic carbocycles. The molecule has 39 heavy (non-hydrogen) atoms. The Balaban J connectivity index is 1.24. The summed E-state index contributed by atoms with van der Waals surface area (Å²) in [5, 5.41) is 14.7. The Morgan fingerprint density at radius 2 is 1.49 bits per heavy atom. The number of ether oxygens (including phenoxy) is 2. The molecule has 0 saturated carbocycles.